The van der Waals surface area contributed by atoms with E-state index in [0.717, 1.165) is 12.0 Å². The summed E-state index contributed by atoms with van der Waals surface area (Å²) in [5.74, 6) is -0.183. The van der Waals surface area contributed by atoms with E-state index in [9.17, 15) is 9.59 Å². The number of hydrogen-bond acceptors (Lipinski definition) is 2. The molecule has 2 atom stereocenters. The molecule has 3 rings (SSSR count). The fourth-order valence-electron chi connectivity index (χ4n) is 3.51. The molecule has 0 aromatic heterocycles. The van der Waals surface area contributed by atoms with Gasteiger partial charge < -0.3 is 9.80 Å². The lowest BCUT2D eigenvalue weighted by molar-refractivity contribution is -0.136. The predicted molar refractivity (Wildman–Crippen MR) is 107 cm³/mol. The van der Waals surface area contributed by atoms with Crippen LogP contribution >= 0.6 is 11.6 Å². The van der Waals surface area contributed by atoms with Gasteiger partial charge in [0.15, 0.2) is 0 Å². The smallest absolute Gasteiger partial charge is 0.228 e. The van der Waals surface area contributed by atoms with Gasteiger partial charge in [0.25, 0.3) is 0 Å². The Morgan fingerprint density at radius 2 is 1.85 bits per heavy atom. The molecule has 0 aliphatic carbocycles. The molecule has 1 heterocycles. The average Bonchev–Trinajstić information content (AvgIpc) is 3.06. The van der Waals surface area contributed by atoms with Crippen LogP contribution in [-0.4, -0.2) is 41.8 Å². The first-order valence-corrected chi connectivity index (χ1v) is 9.67. The van der Waals surface area contributed by atoms with E-state index in [1.54, 1.807) is 11.9 Å². The van der Waals surface area contributed by atoms with Crippen LogP contribution in [0, 0.1) is 5.92 Å². The molecule has 1 aliphatic heterocycles. The summed E-state index contributed by atoms with van der Waals surface area (Å²) in [4.78, 5) is 28.8. The van der Waals surface area contributed by atoms with E-state index in [1.807, 2.05) is 54.3 Å². The molecule has 1 fully saturated rings. The minimum atomic E-state index is -0.270. The monoisotopic (exact) mass is 384 g/mol. The number of carbonyl (C=O) groups excluding carboxylic acids is 2. The quantitative estimate of drug-likeness (QED) is 0.756. The van der Waals surface area contributed by atoms with Crippen molar-refractivity contribution < 1.29 is 9.59 Å². The molecule has 0 N–H and O–H groups in total. The first-order chi connectivity index (χ1) is 13.0. The lowest BCUT2D eigenvalue weighted by Crippen LogP contribution is -2.36. The van der Waals surface area contributed by atoms with Crippen LogP contribution in [0.25, 0.3) is 0 Å². The zero-order valence-corrected chi connectivity index (χ0v) is 16.5. The third kappa shape index (κ3) is 4.69. The van der Waals surface area contributed by atoms with E-state index in [2.05, 4.69) is 12.1 Å². The van der Waals surface area contributed by atoms with E-state index >= 15 is 0 Å². The molecule has 1 aliphatic rings. The first kappa shape index (κ1) is 19.4. The SMILES string of the molecule is CC(c1ccc(Cl)cc1)N(C)C(=O)C1CC(=O)N(CCc2ccccc2)C1. The van der Waals surface area contributed by atoms with Gasteiger partial charge in [-0.25, -0.2) is 0 Å². The molecule has 0 radical (unpaired) electrons. The van der Waals surface area contributed by atoms with Crippen molar-refractivity contribution in [2.24, 2.45) is 5.92 Å². The third-order valence-electron chi connectivity index (χ3n) is 5.36. The summed E-state index contributed by atoms with van der Waals surface area (Å²) < 4.78 is 0. The van der Waals surface area contributed by atoms with Gasteiger partial charge in [-0.3, -0.25) is 9.59 Å². The van der Waals surface area contributed by atoms with Crippen LogP contribution in [0.3, 0.4) is 0 Å². The van der Waals surface area contributed by atoms with Gasteiger partial charge in [0.2, 0.25) is 11.8 Å². The van der Waals surface area contributed by atoms with Crippen LogP contribution in [0.5, 0.6) is 0 Å². The number of nitrogens with zero attached hydrogens (tertiary/aromatic N) is 2. The number of rotatable bonds is 6. The fourth-order valence-corrected chi connectivity index (χ4v) is 3.63. The van der Waals surface area contributed by atoms with Crippen molar-refractivity contribution in [2.75, 3.05) is 20.1 Å². The Bertz CT molecular complexity index is 792. The maximum Gasteiger partial charge on any atom is 0.228 e. The van der Waals surface area contributed by atoms with Crippen LogP contribution in [-0.2, 0) is 16.0 Å². The molecular weight excluding hydrogens is 360 g/mol. The molecule has 142 valence electrons. The number of halogens is 1. The molecule has 4 nitrogen and oxygen atoms in total. The number of carbonyl (C=O) groups is 2. The summed E-state index contributed by atoms with van der Waals surface area (Å²) in [5.41, 5.74) is 2.23. The summed E-state index contributed by atoms with van der Waals surface area (Å²) in [7, 11) is 1.80. The highest BCUT2D eigenvalue weighted by Crippen LogP contribution is 2.26. The third-order valence-corrected chi connectivity index (χ3v) is 5.61. The second-order valence-electron chi connectivity index (χ2n) is 7.15. The summed E-state index contributed by atoms with van der Waals surface area (Å²) in [6, 6.07) is 17.6. The van der Waals surface area contributed by atoms with Gasteiger partial charge in [-0.1, -0.05) is 54.1 Å². The van der Waals surface area contributed by atoms with Crippen molar-refractivity contribution in [2.45, 2.75) is 25.8 Å². The minimum Gasteiger partial charge on any atom is -0.342 e. The zero-order chi connectivity index (χ0) is 19.4. The topological polar surface area (TPSA) is 40.6 Å². The molecule has 1 saturated heterocycles. The minimum absolute atomic E-state index is 0.0213. The lowest BCUT2D eigenvalue weighted by atomic mass is 10.0. The number of amides is 2. The van der Waals surface area contributed by atoms with E-state index in [4.69, 9.17) is 11.6 Å². The molecular formula is C22H25ClN2O2. The second-order valence-corrected chi connectivity index (χ2v) is 7.59. The molecule has 0 saturated carbocycles. The zero-order valence-electron chi connectivity index (χ0n) is 15.8. The Hall–Kier alpha value is -2.33. The van der Waals surface area contributed by atoms with Crippen molar-refractivity contribution in [1.82, 2.24) is 9.80 Å². The van der Waals surface area contributed by atoms with Crippen molar-refractivity contribution >= 4 is 23.4 Å². The predicted octanol–water partition coefficient (Wildman–Crippen LogP) is 3.95. The second kappa shape index (κ2) is 8.57. The molecule has 27 heavy (non-hydrogen) atoms. The average molecular weight is 385 g/mol. The largest absolute Gasteiger partial charge is 0.342 e. The number of benzene rings is 2. The van der Waals surface area contributed by atoms with Crippen molar-refractivity contribution in [3.63, 3.8) is 0 Å². The molecule has 0 spiro atoms. The Kier molecular flexibility index (Phi) is 6.17. The highest BCUT2D eigenvalue weighted by Gasteiger charge is 2.36. The van der Waals surface area contributed by atoms with Crippen molar-refractivity contribution in [3.05, 3.63) is 70.7 Å². The standard InChI is InChI=1S/C22H25ClN2O2/c1-16(18-8-10-20(23)11-9-18)24(2)22(27)19-14-21(26)25(15-19)13-12-17-6-4-3-5-7-17/h3-11,16,19H,12-15H2,1-2H3. The van der Waals surface area contributed by atoms with Gasteiger partial charge in [-0.05, 0) is 36.6 Å². The van der Waals surface area contributed by atoms with E-state index in [1.165, 1.54) is 5.56 Å². The van der Waals surface area contributed by atoms with E-state index in [0.29, 0.717) is 24.5 Å². The Morgan fingerprint density at radius 3 is 2.52 bits per heavy atom. The Balaban J connectivity index is 1.58. The van der Waals surface area contributed by atoms with Gasteiger partial charge in [0, 0.05) is 31.6 Å². The summed E-state index contributed by atoms with van der Waals surface area (Å²) in [6.07, 6.45) is 1.11. The maximum atomic E-state index is 12.9. The van der Waals surface area contributed by atoms with Crippen molar-refractivity contribution in [3.8, 4) is 0 Å². The molecule has 5 heteroatoms. The van der Waals surface area contributed by atoms with Crippen molar-refractivity contribution in [1.29, 1.82) is 0 Å². The lowest BCUT2D eigenvalue weighted by Gasteiger charge is -2.28. The normalized spacial score (nSPS) is 17.8. The summed E-state index contributed by atoms with van der Waals surface area (Å²) in [5, 5.41) is 0.676. The van der Waals surface area contributed by atoms with Gasteiger partial charge in [0.05, 0.1) is 12.0 Å². The van der Waals surface area contributed by atoms with E-state index in [-0.39, 0.29) is 23.8 Å². The Morgan fingerprint density at radius 1 is 1.19 bits per heavy atom. The fraction of sp³-hybridized carbons (Fsp3) is 0.364. The van der Waals surface area contributed by atoms with Crippen LogP contribution < -0.4 is 0 Å². The van der Waals surface area contributed by atoms with Gasteiger partial charge in [0.1, 0.15) is 0 Å². The highest BCUT2D eigenvalue weighted by molar-refractivity contribution is 6.30. The van der Waals surface area contributed by atoms with Gasteiger partial charge in [-0.2, -0.15) is 0 Å². The van der Waals surface area contributed by atoms with Crippen LogP contribution in [0.1, 0.15) is 30.5 Å². The maximum absolute atomic E-state index is 12.9. The summed E-state index contributed by atoms with van der Waals surface area (Å²) >= 11 is 5.94. The Labute approximate surface area is 165 Å². The van der Waals surface area contributed by atoms with Crippen LogP contribution in [0.4, 0.5) is 0 Å². The molecule has 0 bridgehead atoms. The van der Waals surface area contributed by atoms with Gasteiger partial charge >= 0.3 is 0 Å². The molecule has 2 aromatic rings. The summed E-state index contributed by atoms with van der Waals surface area (Å²) in [6.45, 7) is 3.15. The van der Waals surface area contributed by atoms with Crippen LogP contribution in [0.15, 0.2) is 54.6 Å². The number of hydrogen-bond donors (Lipinski definition) is 0. The number of likely N-dealkylation sites (tertiary alicyclic amines) is 1. The first-order valence-electron chi connectivity index (χ1n) is 9.29. The van der Waals surface area contributed by atoms with Crippen LogP contribution in [0.2, 0.25) is 5.02 Å². The van der Waals surface area contributed by atoms with Gasteiger partial charge in [-0.15, -0.1) is 0 Å². The molecule has 2 amide bonds. The molecule has 2 aromatic carbocycles. The van der Waals surface area contributed by atoms with E-state index < -0.39 is 0 Å². The molecule has 2 unspecified atom stereocenters. The highest BCUT2D eigenvalue weighted by atomic mass is 35.5.